The number of amides is 1. The molecule has 0 aliphatic heterocycles. The fourth-order valence-corrected chi connectivity index (χ4v) is 2.89. The highest BCUT2D eigenvalue weighted by atomic mass is 35.5. The van der Waals surface area contributed by atoms with Crippen LogP contribution in [0, 0.1) is 0 Å². The number of rotatable bonds is 6. The van der Waals surface area contributed by atoms with Crippen LogP contribution in [0.1, 0.15) is 17.5 Å². The van der Waals surface area contributed by atoms with Gasteiger partial charge in [-0.05, 0) is 41.8 Å². The van der Waals surface area contributed by atoms with Gasteiger partial charge in [0.05, 0.1) is 11.9 Å². The molecule has 25 heavy (non-hydrogen) atoms. The first-order valence-electron chi connectivity index (χ1n) is 7.91. The van der Waals surface area contributed by atoms with Gasteiger partial charge < -0.3 is 5.32 Å². The molecule has 0 saturated carbocycles. The first kappa shape index (κ1) is 17.5. The van der Waals surface area contributed by atoms with E-state index < -0.39 is 0 Å². The fourth-order valence-electron chi connectivity index (χ4n) is 2.42. The van der Waals surface area contributed by atoms with E-state index in [9.17, 15) is 4.79 Å². The Kier molecular flexibility index (Phi) is 5.74. The van der Waals surface area contributed by atoms with Crippen LogP contribution >= 0.6 is 23.2 Å². The quantitative estimate of drug-likeness (QED) is 0.694. The van der Waals surface area contributed by atoms with Crippen LogP contribution in [0.3, 0.4) is 0 Å². The van der Waals surface area contributed by atoms with Crippen LogP contribution in [-0.4, -0.2) is 15.7 Å². The number of nitrogens with zero attached hydrogens (tertiary/aromatic N) is 2. The van der Waals surface area contributed by atoms with Crippen molar-refractivity contribution in [3.05, 3.63) is 82.1 Å². The van der Waals surface area contributed by atoms with Crippen LogP contribution in [0.25, 0.3) is 5.69 Å². The molecule has 6 heteroatoms. The zero-order chi connectivity index (χ0) is 17.6. The summed E-state index contributed by atoms with van der Waals surface area (Å²) in [5.74, 6) is -0.0292. The summed E-state index contributed by atoms with van der Waals surface area (Å²) in [7, 11) is 0. The van der Waals surface area contributed by atoms with Crippen LogP contribution in [0.5, 0.6) is 0 Å². The van der Waals surface area contributed by atoms with Crippen molar-refractivity contribution in [3.8, 4) is 5.69 Å². The normalized spacial score (nSPS) is 10.6. The Hall–Kier alpha value is -2.30. The predicted molar refractivity (Wildman–Crippen MR) is 100 cm³/mol. The van der Waals surface area contributed by atoms with Crippen molar-refractivity contribution >= 4 is 29.1 Å². The van der Waals surface area contributed by atoms with Crippen LogP contribution in [0.15, 0.2) is 60.9 Å². The number of carbonyl (C=O) groups is 1. The van der Waals surface area contributed by atoms with Gasteiger partial charge in [0.2, 0.25) is 5.91 Å². The summed E-state index contributed by atoms with van der Waals surface area (Å²) in [6.07, 6.45) is 4.76. The van der Waals surface area contributed by atoms with Gasteiger partial charge in [0.25, 0.3) is 0 Å². The van der Waals surface area contributed by atoms with Gasteiger partial charge in [0.15, 0.2) is 0 Å². The summed E-state index contributed by atoms with van der Waals surface area (Å²) in [5, 5.41) is 8.34. The number of hydrogen-bond donors (Lipinski definition) is 1. The molecule has 0 radical (unpaired) electrons. The van der Waals surface area contributed by atoms with Crippen molar-refractivity contribution in [2.75, 3.05) is 0 Å². The molecule has 0 unspecified atom stereocenters. The van der Waals surface area contributed by atoms with E-state index in [4.69, 9.17) is 23.2 Å². The third kappa shape index (κ3) is 4.84. The molecule has 1 heterocycles. The van der Waals surface area contributed by atoms with E-state index in [1.54, 1.807) is 23.0 Å². The summed E-state index contributed by atoms with van der Waals surface area (Å²) in [4.78, 5) is 12.0. The van der Waals surface area contributed by atoms with Gasteiger partial charge in [0.1, 0.15) is 0 Å². The molecule has 4 nitrogen and oxygen atoms in total. The SMILES string of the molecule is O=C(CCc1cnn(-c2ccccc2)c1)NCc1ccc(Cl)cc1Cl. The smallest absolute Gasteiger partial charge is 0.220 e. The van der Waals surface area contributed by atoms with Crippen molar-refractivity contribution in [2.24, 2.45) is 0 Å². The third-order valence-electron chi connectivity index (χ3n) is 3.79. The molecule has 3 aromatic rings. The second-order valence-corrected chi connectivity index (χ2v) is 6.48. The van der Waals surface area contributed by atoms with E-state index in [1.165, 1.54) is 0 Å². The first-order chi connectivity index (χ1) is 12.1. The van der Waals surface area contributed by atoms with Crippen LogP contribution in [-0.2, 0) is 17.8 Å². The van der Waals surface area contributed by atoms with E-state index in [-0.39, 0.29) is 5.91 Å². The Balaban J connectivity index is 1.50. The summed E-state index contributed by atoms with van der Waals surface area (Å²) in [5.41, 5.74) is 2.86. The van der Waals surface area contributed by atoms with Gasteiger partial charge >= 0.3 is 0 Å². The van der Waals surface area contributed by atoms with Gasteiger partial charge in [-0.3, -0.25) is 4.79 Å². The third-order valence-corrected chi connectivity index (χ3v) is 4.38. The average molecular weight is 374 g/mol. The van der Waals surface area contributed by atoms with E-state index in [0.29, 0.717) is 29.4 Å². The largest absolute Gasteiger partial charge is 0.352 e. The topological polar surface area (TPSA) is 46.9 Å². The second kappa shape index (κ2) is 8.19. The average Bonchev–Trinajstić information content (AvgIpc) is 3.09. The maximum atomic E-state index is 12.0. The van der Waals surface area contributed by atoms with Crippen molar-refractivity contribution in [1.29, 1.82) is 0 Å². The Morgan fingerprint density at radius 3 is 2.68 bits per heavy atom. The van der Waals surface area contributed by atoms with Gasteiger partial charge in [-0.2, -0.15) is 5.10 Å². The molecule has 0 saturated heterocycles. The highest BCUT2D eigenvalue weighted by Crippen LogP contribution is 2.20. The summed E-state index contributed by atoms with van der Waals surface area (Å²) >= 11 is 12.0. The van der Waals surface area contributed by atoms with Crippen molar-refractivity contribution in [3.63, 3.8) is 0 Å². The van der Waals surface area contributed by atoms with Crippen molar-refractivity contribution < 1.29 is 4.79 Å². The summed E-state index contributed by atoms with van der Waals surface area (Å²) < 4.78 is 1.81. The Morgan fingerprint density at radius 2 is 1.92 bits per heavy atom. The minimum Gasteiger partial charge on any atom is -0.352 e. The second-order valence-electron chi connectivity index (χ2n) is 5.64. The van der Waals surface area contributed by atoms with Gasteiger partial charge in [-0.1, -0.05) is 47.5 Å². The molecule has 1 aromatic heterocycles. The lowest BCUT2D eigenvalue weighted by atomic mass is 10.2. The molecule has 2 aromatic carbocycles. The molecule has 0 spiro atoms. The highest BCUT2D eigenvalue weighted by Gasteiger charge is 2.07. The number of carbonyl (C=O) groups excluding carboxylic acids is 1. The summed E-state index contributed by atoms with van der Waals surface area (Å²) in [6, 6.07) is 15.1. The number of aromatic nitrogens is 2. The molecule has 128 valence electrons. The van der Waals surface area contributed by atoms with Gasteiger partial charge in [-0.15, -0.1) is 0 Å². The number of aryl methyl sites for hydroxylation is 1. The molecule has 0 fully saturated rings. The molecule has 3 rings (SSSR count). The lowest BCUT2D eigenvalue weighted by Gasteiger charge is -2.07. The minimum atomic E-state index is -0.0292. The lowest BCUT2D eigenvalue weighted by molar-refractivity contribution is -0.121. The number of nitrogens with one attached hydrogen (secondary N) is 1. The molecule has 0 aliphatic carbocycles. The molecule has 0 atom stereocenters. The zero-order valence-corrected chi connectivity index (χ0v) is 15.0. The highest BCUT2D eigenvalue weighted by molar-refractivity contribution is 6.35. The predicted octanol–water partition coefficient (Wildman–Crippen LogP) is 4.43. The monoisotopic (exact) mass is 373 g/mol. The van der Waals surface area contributed by atoms with E-state index >= 15 is 0 Å². The molecular weight excluding hydrogens is 357 g/mol. The summed E-state index contributed by atoms with van der Waals surface area (Å²) in [6.45, 7) is 0.387. The van der Waals surface area contributed by atoms with Crippen LogP contribution < -0.4 is 5.32 Å². The molecule has 1 N–H and O–H groups in total. The Bertz CT molecular complexity index is 862. The number of halogens is 2. The van der Waals surface area contributed by atoms with Crippen LogP contribution in [0.2, 0.25) is 10.0 Å². The number of benzene rings is 2. The Labute approximate surface area is 156 Å². The van der Waals surface area contributed by atoms with Crippen molar-refractivity contribution in [1.82, 2.24) is 15.1 Å². The lowest BCUT2D eigenvalue weighted by Crippen LogP contribution is -2.23. The maximum absolute atomic E-state index is 12.0. The molecule has 0 bridgehead atoms. The van der Waals surface area contributed by atoms with Crippen molar-refractivity contribution in [2.45, 2.75) is 19.4 Å². The van der Waals surface area contributed by atoms with E-state index in [1.807, 2.05) is 42.6 Å². The molecule has 1 amide bonds. The minimum absolute atomic E-state index is 0.0292. The fraction of sp³-hybridized carbons (Fsp3) is 0.158. The first-order valence-corrected chi connectivity index (χ1v) is 8.67. The maximum Gasteiger partial charge on any atom is 0.220 e. The van der Waals surface area contributed by atoms with E-state index in [0.717, 1.165) is 16.8 Å². The van der Waals surface area contributed by atoms with Gasteiger partial charge in [0, 0.05) is 29.2 Å². The molecular formula is C19H17Cl2N3O. The Morgan fingerprint density at radius 1 is 1.12 bits per heavy atom. The zero-order valence-electron chi connectivity index (χ0n) is 13.5. The molecule has 0 aliphatic rings. The van der Waals surface area contributed by atoms with E-state index in [2.05, 4.69) is 10.4 Å². The van der Waals surface area contributed by atoms with Gasteiger partial charge in [-0.25, -0.2) is 4.68 Å². The standard InChI is InChI=1S/C19H17Cl2N3O/c20-16-8-7-15(18(21)10-16)12-22-19(25)9-6-14-11-23-24(13-14)17-4-2-1-3-5-17/h1-5,7-8,10-11,13H,6,9,12H2,(H,22,25). The van der Waals surface area contributed by atoms with Crippen LogP contribution in [0.4, 0.5) is 0 Å². The number of hydrogen-bond acceptors (Lipinski definition) is 2. The number of para-hydroxylation sites is 1.